The lowest BCUT2D eigenvalue weighted by Gasteiger charge is -2.27. The van der Waals surface area contributed by atoms with Gasteiger partial charge in [-0.25, -0.2) is 0 Å². The van der Waals surface area contributed by atoms with Crippen molar-refractivity contribution in [3.63, 3.8) is 0 Å². The van der Waals surface area contributed by atoms with Crippen LogP contribution in [0.1, 0.15) is 24.8 Å². The highest BCUT2D eigenvalue weighted by atomic mass is 15.2. The van der Waals surface area contributed by atoms with E-state index in [9.17, 15) is 0 Å². The van der Waals surface area contributed by atoms with E-state index in [-0.39, 0.29) is 0 Å². The lowest BCUT2D eigenvalue weighted by molar-refractivity contribution is 0.248. The van der Waals surface area contributed by atoms with E-state index >= 15 is 0 Å². The molecule has 1 aromatic rings. The maximum atomic E-state index is 2.63. The van der Waals surface area contributed by atoms with Crippen molar-refractivity contribution in [3.05, 3.63) is 48.0 Å². The predicted octanol–water partition coefficient (Wildman–Crippen LogP) is 3.23. The summed E-state index contributed by atoms with van der Waals surface area (Å²) in [4.78, 5) is 2.63. The zero-order valence-corrected chi connectivity index (χ0v) is 9.68. The molecule has 2 aliphatic rings. The Kier molecular flexibility index (Phi) is 2.79. The van der Waals surface area contributed by atoms with Crippen molar-refractivity contribution >= 4 is 0 Å². The van der Waals surface area contributed by atoms with Gasteiger partial charge in [-0.2, -0.15) is 0 Å². The quantitative estimate of drug-likeness (QED) is 0.682. The number of likely N-dealkylation sites (tertiary alicyclic amines) is 1. The molecule has 1 aliphatic heterocycles. The second-order valence-corrected chi connectivity index (χ2v) is 5.00. The largest absolute Gasteiger partial charge is 0.292 e. The monoisotopic (exact) mass is 213 g/mol. The molecule has 16 heavy (non-hydrogen) atoms. The first-order valence-electron chi connectivity index (χ1n) is 6.38. The smallest absolute Gasteiger partial charge is 0.0310 e. The summed E-state index contributed by atoms with van der Waals surface area (Å²) in [5.41, 5.74) is 1.45. The van der Waals surface area contributed by atoms with Crippen LogP contribution in [0.5, 0.6) is 0 Å². The lowest BCUT2D eigenvalue weighted by atomic mass is 9.90. The second-order valence-electron chi connectivity index (χ2n) is 5.00. The molecule has 2 atom stereocenters. The van der Waals surface area contributed by atoms with E-state index in [0.29, 0.717) is 6.04 Å². The van der Waals surface area contributed by atoms with Gasteiger partial charge in [0, 0.05) is 12.6 Å². The van der Waals surface area contributed by atoms with E-state index in [1.165, 1.54) is 31.4 Å². The van der Waals surface area contributed by atoms with Crippen molar-refractivity contribution < 1.29 is 0 Å². The van der Waals surface area contributed by atoms with E-state index in [4.69, 9.17) is 0 Å². The molecule has 2 unspecified atom stereocenters. The number of hydrogen-bond acceptors (Lipinski definition) is 1. The molecule has 84 valence electrons. The first-order valence-corrected chi connectivity index (χ1v) is 6.38. The highest BCUT2D eigenvalue weighted by molar-refractivity contribution is 5.16. The molecule has 0 saturated carbocycles. The summed E-state index contributed by atoms with van der Waals surface area (Å²) < 4.78 is 0. The molecule has 1 fully saturated rings. The van der Waals surface area contributed by atoms with Crippen LogP contribution in [0.4, 0.5) is 0 Å². The zero-order valence-electron chi connectivity index (χ0n) is 9.68. The Morgan fingerprint density at radius 3 is 2.88 bits per heavy atom. The SMILES string of the molecule is C1=CC2C(CC1)CCN2Cc1ccccc1. The van der Waals surface area contributed by atoms with Crippen LogP contribution in [0.2, 0.25) is 0 Å². The summed E-state index contributed by atoms with van der Waals surface area (Å²) in [6.45, 7) is 2.39. The molecule has 0 aromatic heterocycles. The fourth-order valence-corrected chi connectivity index (χ4v) is 3.09. The Morgan fingerprint density at radius 1 is 1.12 bits per heavy atom. The van der Waals surface area contributed by atoms with Gasteiger partial charge in [0.1, 0.15) is 0 Å². The molecule has 0 amide bonds. The topological polar surface area (TPSA) is 3.24 Å². The van der Waals surface area contributed by atoms with Crippen molar-refractivity contribution in [2.45, 2.75) is 31.8 Å². The molecule has 1 aliphatic carbocycles. The average Bonchev–Trinajstić information content (AvgIpc) is 2.74. The summed E-state index contributed by atoms with van der Waals surface area (Å²) in [5.74, 6) is 0.925. The van der Waals surface area contributed by atoms with Crippen molar-refractivity contribution in [1.82, 2.24) is 4.90 Å². The Bertz CT molecular complexity index is 368. The number of fused-ring (bicyclic) bond motifs is 1. The van der Waals surface area contributed by atoms with Crippen molar-refractivity contribution in [2.24, 2.45) is 5.92 Å². The van der Waals surface area contributed by atoms with Crippen LogP contribution in [0.15, 0.2) is 42.5 Å². The van der Waals surface area contributed by atoms with Gasteiger partial charge in [0.15, 0.2) is 0 Å². The average molecular weight is 213 g/mol. The van der Waals surface area contributed by atoms with E-state index in [1.807, 2.05) is 0 Å². The third-order valence-electron chi connectivity index (χ3n) is 3.96. The normalized spacial score (nSPS) is 29.2. The fraction of sp³-hybridized carbons (Fsp3) is 0.467. The molecule has 0 radical (unpaired) electrons. The van der Waals surface area contributed by atoms with Crippen LogP contribution in [0, 0.1) is 5.92 Å². The number of nitrogens with zero attached hydrogens (tertiary/aromatic N) is 1. The van der Waals surface area contributed by atoms with E-state index in [0.717, 1.165) is 12.5 Å². The number of rotatable bonds is 2. The third kappa shape index (κ3) is 1.92. The minimum absolute atomic E-state index is 0.717. The second kappa shape index (κ2) is 4.42. The van der Waals surface area contributed by atoms with Crippen LogP contribution in [0.25, 0.3) is 0 Å². The molecule has 1 heterocycles. The zero-order chi connectivity index (χ0) is 10.8. The van der Waals surface area contributed by atoms with Gasteiger partial charge in [-0.3, -0.25) is 4.90 Å². The van der Waals surface area contributed by atoms with E-state index in [2.05, 4.69) is 47.4 Å². The summed E-state index contributed by atoms with van der Waals surface area (Å²) in [6, 6.07) is 11.6. The van der Waals surface area contributed by atoms with Crippen LogP contribution in [-0.2, 0) is 6.54 Å². The molecule has 3 rings (SSSR count). The van der Waals surface area contributed by atoms with Crippen molar-refractivity contribution in [1.29, 1.82) is 0 Å². The highest BCUT2D eigenvalue weighted by Crippen LogP contribution is 2.33. The predicted molar refractivity (Wildman–Crippen MR) is 67.1 cm³/mol. The summed E-state index contributed by atoms with van der Waals surface area (Å²) in [6.07, 6.45) is 8.88. The lowest BCUT2D eigenvalue weighted by Crippen LogP contribution is -2.31. The molecule has 1 saturated heterocycles. The summed E-state index contributed by atoms with van der Waals surface area (Å²) >= 11 is 0. The van der Waals surface area contributed by atoms with Gasteiger partial charge in [0.25, 0.3) is 0 Å². The highest BCUT2D eigenvalue weighted by Gasteiger charge is 2.32. The van der Waals surface area contributed by atoms with Crippen molar-refractivity contribution in [3.8, 4) is 0 Å². The Labute approximate surface area is 97.8 Å². The van der Waals surface area contributed by atoms with Gasteiger partial charge in [0.05, 0.1) is 0 Å². The van der Waals surface area contributed by atoms with Crippen LogP contribution in [0.3, 0.4) is 0 Å². The molecular weight excluding hydrogens is 194 g/mol. The first kappa shape index (κ1) is 10.1. The van der Waals surface area contributed by atoms with Gasteiger partial charge in [-0.1, -0.05) is 42.5 Å². The van der Waals surface area contributed by atoms with E-state index < -0.39 is 0 Å². The molecule has 0 spiro atoms. The Balaban J connectivity index is 1.72. The summed E-state index contributed by atoms with van der Waals surface area (Å²) in [5, 5.41) is 0. The molecule has 1 nitrogen and oxygen atoms in total. The maximum Gasteiger partial charge on any atom is 0.0310 e. The van der Waals surface area contributed by atoms with Crippen LogP contribution < -0.4 is 0 Å². The van der Waals surface area contributed by atoms with Crippen LogP contribution in [-0.4, -0.2) is 17.5 Å². The van der Waals surface area contributed by atoms with Gasteiger partial charge in [-0.15, -0.1) is 0 Å². The minimum atomic E-state index is 0.717. The van der Waals surface area contributed by atoms with Gasteiger partial charge >= 0.3 is 0 Å². The number of hydrogen-bond donors (Lipinski definition) is 0. The molecule has 0 bridgehead atoms. The minimum Gasteiger partial charge on any atom is -0.292 e. The summed E-state index contributed by atoms with van der Waals surface area (Å²) in [7, 11) is 0. The fourth-order valence-electron chi connectivity index (χ4n) is 3.09. The Hall–Kier alpha value is -1.08. The van der Waals surface area contributed by atoms with Gasteiger partial charge < -0.3 is 0 Å². The number of allylic oxidation sites excluding steroid dienone is 1. The Morgan fingerprint density at radius 2 is 2.00 bits per heavy atom. The molecule has 1 aromatic carbocycles. The van der Waals surface area contributed by atoms with Crippen LogP contribution >= 0.6 is 0 Å². The van der Waals surface area contributed by atoms with Gasteiger partial charge in [0.2, 0.25) is 0 Å². The third-order valence-corrected chi connectivity index (χ3v) is 3.96. The molecule has 1 heteroatoms. The standard InChI is InChI=1S/C15H19N/c1-2-6-13(7-3-1)12-16-11-10-14-8-4-5-9-15(14)16/h1-3,5-7,9,14-15H,4,8,10-12H2. The first-order chi connectivity index (χ1) is 7.93. The maximum absolute atomic E-state index is 2.63. The van der Waals surface area contributed by atoms with Crippen molar-refractivity contribution in [2.75, 3.05) is 6.54 Å². The number of benzene rings is 1. The molecular formula is C15H19N. The van der Waals surface area contributed by atoms with Gasteiger partial charge in [-0.05, 0) is 37.3 Å². The molecule has 0 N–H and O–H groups in total. The van der Waals surface area contributed by atoms with E-state index in [1.54, 1.807) is 0 Å².